The van der Waals surface area contributed by atoms with Gasteiger partial charge in [-0.2, -0.15) is 0 Å². The van der Waals surface area contributed by atoms with Crippen LogP contribution in [-0.4, -0.2) is 12.1 Å². The molecule has 0 aliphatic rings. The Bertz CT molecular complexity index is 604. The second-order valence-corrected chi connectivity index (χ2v) is 4.20. The number of para-hydroxylation sites is 1. The van der Waals surface area contributed by atoms with Crippen LogP contribution in [-0.2, 0) is 0 Å². The summed E-state index contributed by atoms with van der Waals surface area (Å²) in [6, 6.07) is 6.49. The summed E-state index contributed by atoms with van der Waals surface area (Å²) in [5, 5.41) is 0. The van der Waals surface area contributed by atoms with Gasteiger partial charge in [-0.15, -0.1) is 13.2 Å². The molecule has 1 aromatic carbocycles. The highest BCUT2D eigenvalue weighted by Crippen LogP contribution is 2.29. The number of furan rings is 1. The molecule has 1 aromatic heterocycles. The number of ether oxygens (including phenoxy) is 1. The summed E-state index contributed by atoms with van der Waals surface area (Å²) in [7, 11) is 0. The van der Waals surface area contributed by atoms with Crippen LogP contribution in [0.4, 0.5) is 13.2 Å². The van der Waals surface area contributed by atoms with Crippen LogP contribution in [0.5, 0.6) is 5.75 Å². The van der Waals surface area contributed by atoms with Gasteiger partial charge in [0.2, 0.25) is 5.78 Å². The average molecular weight is 335 g/mol. The summed E-state index contributed by atoms with van der Waals surface area (Å²) in [6.07, 6.45) is -3.60. The molecule has 0 atom stereocenters. The topological polar surface area (TPSA) is 39.4 Å². The Hall–Kier alpha value is -1.76. The fraction of sp³-hybridized carbons (Fsp3) is 0.0833. The monoisotopic (exact) mass is 334 g/mol. The van der Waals surface area contributed by atoms with Gasteiger partial charge in [-0.25, -0.2) is 0 Å². The van der Waals surface area contributed by atoms with Gasteiger partial charge < -0.3 is 9.15 Å². The van der Waals surface area contributed by atoms with Crippen LogP contribution in [0.25, 0.3) is 0 Å². The minimum atomic E-state index is -4.86. The fourth-order valence-corrected chi connectivity index (χ4v) is 1.89. The molecule has 7 heteroatoms. The first-order chi connectivity index (χ1) is 8.88. The van der Waals surface area contributed by atoms with Crippen molar-refractivity contribution in [3.8, 4) is 5.75 Å². The van der Waals surface area contributed by atoms with Crippen LogP contribution in [0.3, 0.4) is 0 Å². The van der Waals surface area contributed by atoms with E-state index in [0.717, 1.165) is 6.07 Å². The van der Waals surface area contributed by atoms with Crippen molar-refractivity contribution >= 4 is 21.7 Å². The molecule has 0 N–H and O–H groups in total. The standard InChI is InChI=1S/C12H6BrF3O3/c13-11-8(5-6-18-11)10(17)7-3-1-2-4-9(7)19-12(14,15)16/h1-6H. The lowest BCUT2D eigenvalue weighted by atomic mass is 10.1. The number of carbonyl (C=O) groups is 1. The van der Waals surface area contributed by atoms with Gasteiger partial charge in [-0.05, 0) is 34.1 Å². The number of ketones is 1. The molecule has 0 spiro atoms. The molecule has 2 aromatic rings. The van der Waals surface area contributed by atoms with E-state index >= 15 is 0 Å². The minimum Gasteiger partial charge on any atom is -0.457 e. The van der Waals surface area contributed by atoms with Gasteiger partial charge in [-0.1, -0.05) is 12.1 Å². The zero-order valence-corrected chi connectivity index (χ0v) is 10.8. The van der Waals surface area contributed by atoms with Crippen molar-refractivity contribution in [2.75, 3.05) is 0 Å². The third-order valence-corrected chi connectivity index (χ3v) is 2.83. The van der Waals surface area contributed by atoms with Crippen molar-refractivity contribution in [1.82, 2.24) is 0 Å². The van der Waals surface area contributed by atoms with Crippen molar-refractivity contribution in [2.45, 2.75) is 6.36 Å². The highest BCUT2D eigenvalue weighted by molar-refractivity contribution is 9.10. The lowest BCUT2D eigenvalue weighted by Crippen LogP contribution is -2.19. The van der Waals surface area contributed by atoms with E-state index in [0.29, 0.717) is 0 Å². The van der Waals surface area contributed by atoms with Crippen LogP contribution < -0.4 is 4.74 Å². The molecule has 19 heavy (non-hydrogen) atoms. The molecule has 0 bridgehead atoms. The molecule has 0 aliphatic carbocycles. The van der Waals surface area contributed by atoms with Crippen LogP contribution in [0.15, 0.2) is 45.7 Å². The first-order valence-corrected chi connectivity index (χ1v) is 5.80. The number of halogens is 4. The Morgan fingerprint density at radius 2 is 1.84 bits per heavy atom. The Morgan fingerprint density at radius 3 is 2.42 bits per heavy atom. The molecule has 0 fully saturated rings. The first-order valence-electron chi connectivity index (χ1n) is 5.01. The largest absolute Gasteiger partial charge is 0.573 e. The summed E-state index contributed by atoms with van der Waals surface area (Å²) < 4.78 is 45.6. The molecule has 2 rings (SSSR count). The number of benzene rings is 1. The van der Waals surface area contributed by atoms with E-state index in [1.54, 1.807) is 0 Å². The van der Waals surface area contributed by atoms with Gasteiger partial charge in [0.1, 0.15) is 5.75 Å². The van der Waals surface area contributed by atoms with Crippen LogP contribution in [0, 0.1) is 0 Å². The molecule has 100 valence electrons. The number of carbonyl (C=O) groups excluding carboxylic acids is 1. The highest BCUT2D eigenvalue weighted by atomic mass is 79.9. The third kappa shape index (κ3) is 3.17. The zero-order chi connectivity index (χ0) is 14.0. The van der Waals surface area contributed by atoms with Crippen molar-refractivity contribution in [3.05, 3.63) is 52.4 Å². The quantitative estimate of drug-likeness (QED) is 0.791. The van der Waals surface area contributed by atoms with Gasteiger partial charge in [-0.3, -0.25) is 4.79 Å². The van der Waals surface area contributed by atoms with Crippen LogP contribution in [0.2, 0.25) is 0 Å². The number of hydrogen-bond donors (Lipinski definition) is 0. The van der Waals surface area contributed by atoms with Gasteiger partial charge in [0.25, 0.3) is 0 Å². The van der Waals surface area contributed by atoms with Crippen molar-refractivity contribution in [3.63, 3.8) is 0 Å². The van der Waals surface area contributed by atoms with Gasteiger partial charge in [0, 0.05) is 0 Å². The van der Waals surface area contributed by atoms with Gasteiger partial charge >= 0.3 is 6.36 Å². The number of rotatable bonds is 3. The van der Waals surface area contributed by atoms with E-state index in [1.165, 1.54) is 30.5 Å². The molecule has 0 aliphatic heterocycles. The van der Waals surface area contributed by atoms with Gasteiger partial charge in [0.15, 0.2) is 4.67 Å². The smallest absolute Gasteiger partial charge is 0.457 e. The number of hydrogen-bond acceptors (Lipinski definition) is 3. The third-order valence-electron chi connectivity index (χ3n) is 2.22. The summed E-state index contributed by atoms with van der Waals surface area (Å²) >= 11 is 3.00. The van der Waals surface area contributed by atoms with E-state index < -0.39 is 17.9 Å². The summed E-state index contributed by atoms with van der Waals surface area (Å²) in [4.78, 5) is 12.1. The Kier molecular flexibility index (Phi) is 3.66. The molecule has 3 nitrogen and oxygen atoms in total. The molecule has 1 heterocycles. The molecular weight excluding hydrogens is 329 g/mol. The maximum Gasteiger partial charge on any atom is 0.573 e. The first kappa shape index (κ1) is 13.7. The number of alkyl halides is 3. The van der Waals surface area contributed by atoms with Crippen LogP contribution >= 0.6 is 15.9 Å². The van der Waals surface area contributed by atoms with E-state index in [1.807, 2.05) is 0 Å². The van der Waals surface area contributed by atoms with Crippen molar-refractivity contribution in [1.29, 1.82) is 0 Å². The van der Waals surface area contributed by atoms with Crippen molar-refractivity contribution < 1.29 is 27.1 Å². The summed E-state index contributed by atoms with van der Waals surface area (Å²) in [5.74, 6) is -1.17. The molecular formula is C12H6BrF3O3. The molecule has 0 unspecified atom stereocenters. The molecule has 0 amide bonds. The van der Waals surface area contributed by atoms with Crippen molar-refractivity contribution in [2.24, 2.45) is 0 Å². The van der Waals surface area contributed by atoms with E-state index in [9.17, 15) is 18.0 Å². The SMILES string of the molecule is O=C(c1ccccc1OC(F)(F)F)c1ccoc1Br. The molecule has 0 radical (unpaired) electrons. The minimum absolute atomic E-state index is 0.123. The maximum absolute atomic E-state index is 12.2. The Morgan fingerprint density at radius 1 is 1.16 bits per heavy atom. The van der Waals surface area contributed by atoms with E-state index in [4.69, 9.17) is 4.42 Å². The van der Waals surface area contributed by atoms with E-state index in [-0.39, 0.29) is 15.8 Å². The average Bonchev–Trinajstić information content (AvgIpc) is 2.73. The second-order valence-electron chi connectivity index (χ2n) is 3.48. The predicted molar refractivity (Wildman–Crippen MR) is 63.0 cm³/mol. The lowest BCUT2D eigenvalue weighted by molar-refractivity contribution is -0.274. The van der Waals surface area contributed by atoms with Crippen LogP contribution in [0.1, 0.15) is 15.9 Å². The maximum atomic E-state index is 12.2. The Balaban J connectivity index is 2.40. The summed E-state index contributed by atoms with van der Waals surface area (Å²) in [6.45, 7) is 0. The summed E-state index contributed by atoms with van der Waals surface area (Å²) in [5.41, 5.74) is -0.0693. The van der Waals surface area contributed by atoms with E-state index in [2.05, 4.69) is 20.7 Å². The molecule has 0 saturated carbocycles. The molecule has 0 saturated heterocycles. The van der Waals surface area contributed by atoms with Gasteiger partial charge in [0.05, 0.1) is 17.4 Å². The predicted octanol–water partition coefficient (Wildman–Crippen LogP) is 4.17. The fourth-order valence-electron chi connectivity index (χ4n) is 1.47. The Labute approximate surface area is 114 Å². The second kappa shape index (κ2) is 5.08. The normalized spacial score (nSPS) is 11.4. The highest BCUT2D eigenvalue weighted by Gasteiger charge is 2.33. The zero-order valence-electron chi connectivity index (χ0n) is 9.20. The lowest BCUT2D eigenvalue weighted by Gasteiger charge is -2.11.